The van der Waals surface area contributed by atoms with Crippen LogP contribution >= 0.6 is 0 Å². The summed E-state index contributed by atoms with van der Waals surface area (Å²) in [6, 6.07) is 0.780. The Hall–Kier alpha value is -0.0800. The van der Waals surface area contributed by atoms with Crippen molar-refractivity contribution in [2.75, 3.05) is 13.1 Å². The first-order valence-corrected chi connectivity index (χ1v) is 8.06. The summed E-state index contributed by atoms with van der Waals surface area (Å²) in [6.45, 7) is 9.33. The monoisotopic (exact) mass is 252 g/mol. The standard InChI is InChI=1S/C16H32N2/c1-13(2)15-7-5-11-18(15)16(12-17)9-4-6-14(3)8-10-16/h13-15H,4-12,17H2,1-3H3. The minimum atomic E-state index is 0.330. The molecule has 2 nitrogen and oxygen atoms in total. The normalized spacial score (nSPS) is 39.2. The van der Waals surface area contributed by atoms with Crippen LogP contribution in [0.5, 0.6) is 0 Å². The second-order valence-corrected chi connectivity index (χ2v) is 7.11. The van der Waals surface area contributed by atoms with Gasteiger partial charge in [0.25, 0.3) is 0 Å². The molecule has 0 aromatic rings. The zero-order chi connectivity index (χ0) is 13.2. The summed E-state index contributed by atoms with van der Waals surface area (Å²) in [6.07, 6.45) is 9.57. The molecule has 1 saturated heterocycles. The zero-order valence-corrected chi connectivity index (χ0v) is 12.6. The largest absolute Gasteiger partial charge is 0.329 e. The van der Waals surface area contributed by atoms with Gasteiger partial charge in [0.2, 0.25) is 0 Å². The SMILES string of the molecule is CC1CCCC(CN)(N2CCCC2C(C)C)CC1. The second kappa shape index (κ2) is 5.92. The highest BCUT2D eigenvalue weighted by Crippen LogP contribution is 2.39. The summed E-state index contributed by atoms with van der Waals surface area (Å²) >= 11 is 0. The highest BCUT2D eigenvalue weighted by atomic mass is 15.3. The van der Waals surface area contributed by atoms with Gasteiger partial charge in [-0.3, -0.25) is 4.90 Å². The summed E-state index contributed by atoms with van der Waals surface area (Å²) in [5.41, 5.74) is 6.58. The lowest BCUT2D eigenvalue weighted by atomic mass is 9.85. The minimum absolute atomic E-state index is 0.330. The van der Waals surface area contributed by atoms with E-state index in [9.17, 15) is 0 Å². The third kappa shape index (κ3) is 2.75. The number of nitrogens with zero attached hydrogens (tertiary/aromatic N) is 1. The lowest BCUT2D eigenvalue weighted by Gasteiger charge is -2.45. The predicted octanol–water partition coefficient (Wildman–Crippen LogP) is 3.40. The fourth-order valence-electron chi connectivity index (χ4n) is 4.25. The fraction of sp³-hybridized carbons (Fsp3) is 1.00. The van der Waals surface area contributed by atoms with Gasteiger partial charge in [0.1, 0.15) is 0 Å². The van der Waals surface area contributed by atoms with E-state index >= 15 is 0 Å². The van der Waals surface area contributed by atoms with Crippen LogP contribution in [0.25, 0.3) is 0 Å². The molecule has 1 saturated carbocycles. The van der Waals surface area contributed by atoms with E-state index in [2.05, 4.69) is 25.7 Å². The summed E-state index contributed by atoms with van der Waals surface area (Å²) in [7, 11) is 0. The summed E-state index contributed by atoms with van der Waals surface area (Å²) in [4.78, 5) is 2.82. The lowest BCUT2D eigenvalue weighted by Crippen LogP contribution is -2.56. The molecule has 18 heavy (non-hydrogen) atoms. The van der Waals surface area contributed by atoms with Crippen molar-refractivity contribution >= 4 is 0 Å². The first-order valence-electron chi connectivity index (χ1n) is 8.06. The van der Waals surface area contributed by atoms with Crippen molar-refractivity contribution in [3.63, 3.8) is 0 Å². The molecule has 0 aromatic carbocycles. The third-order valence-electron chi connectivity index (χ3n) is 5.50. The van der Waals surface area contributed by atoms with Crippen LogP contribution in [0.2, 0.25) is 0 Å². The molecule has 1 heterocycles. The summed E-state index contributed by atoms with van der Waals surface area (Å²) in [5, 5.41) is 0. The highest BCUT2D eigenvalue weighted by molar-refractivity contribution is 4.99. The van der Waals surface area contributed by atoms with Gasteiger partial charge in [-0.05, 0) is 50.5 Å². The molecule has 0 aromatic heterocycles. The first kappa shape index (κ1) is 14.3. The van der Waals surface area contributed by atoms with Crippen LogP contribution in [-0.4, -0.2) is 29.6 Å². The molecule has 2 fully saturated rings. The van der Waals surface area contributed by atoms with Crippen LogP contribution in [-0.2, 0) is 0 Å². The van der Waals surface area contributed by atoms with Gasteiger partial charge in [-0.25, -0.2) is 0 Å². The topological polar surface area (TPSA) is 29.3 Å². The molecule has 106 valence electrons. The minimum Gasteiger partial charge on any atom is -0.329 e. The van der Waals surface area contributed by atoms with Crippen LogP contribution in [0.4, 0.5) is 0 Å². The van der Waals surface area contributed by atoms with Gasteiger partial charge < -0.3 is 5.73 Å². The van der Waals surface area contributed by atoms with E-state index in [0.717, 1.165) is 24.4 Å². The van der Waals surface area contributed by atoms with Crippen LogP contribution in [0, 0.1) is 11.8 Å². The summed E-state index contributed by atoms with van der Waals surface area (Å²) in [5.74, 6) is 1.68. The van der Waals surface area contributed by atoms with Crippen molar-refractivity contribution in [1.29, 1.82) is 0 Å². The van der Waals surface area contributed by atoms with Crippen molar-refractivity contribution in [3.05, 3.63) is 0 Å². The van der Waals surface area contributed by atoms with Crippen LogP contribution in [0.1, 0.15) is 65.7 Å². The van der Waals surface area contributed by atoms with Crippen molar-refractivity contribution < 1.29 is 0 Å². The van der Waals surface area contributed by atoms with E-state index in [1.165, 1.54) is 51.5 Å². The van der Waals surface area contributed by atoms with Gasteiger partial charge in [-0.15, -0.1) is 0 Å². The van der Waals surface area contributed by atoms with E-state index in [0.29, 0.717) is 5.54 Å². The van der Waals surface area contributed by atoms with Crippen molar-refractivity contribution in [3.8, 4) is 0 Å². The maximum atomic E-state index is 6.25. The molecular formula is C16H32N2. The molecule has 2 rings (SSSR count). The maximum Gasteiger partial charge on any atom is 0.0334 e. The van der Waals surface area contributed by atoms with Gasteiger partial charge in [0, 0.05) is 18.1 Å². The van der Waals surface area contributed by atoms with E-state index in [1.54, 1.807) is 0 Å². The number of hydrogen-bond acceptors (Lipinski definition) is 2. The molecule has 2 N–H and O–H groups in total. The Morgan fingerprint density at radius 2 is 1.94 bits per heavy atom. The first-order chi connectivity index (χ1) is 8.59. The predicted molar refractivity (Wildman–Crippen MR) is 78.6 cm³/mol. The van der Waals surface area contributed by atoms with Crippen molar-refractivity contribution in [2.45, 2.75) is 77.3 Å². The van der Waals surface area contributed by atoms with Crippen LogP contribution in [0.15, 0.2) is 0 Å². The van der Waals surface area contributed by atoms with Gasteiger partial charge in [-0.2, -0.15) is 0 Å². The average molecular weight is 252 g/mol. The smallest absolute Gasteiger partial charge is 0.0334 e. The molecule has 3 unspecified atom stereocenters. The average Bonchev–Trinajstić information content (AvgIpc) is 2.76. The Bertz CT molecular complexity index is 264. The number of nitrogens with two attached hydrogens (primary N) is 1. The Morgan fingerprint density at radius 3 is 2.61 bits per heavy atom. The second-order valence-electron chi connectivity index (χ2n) is 7.11. The van der Waals surface area contributed by atoms with Crippen molar-refractivity contribution in [2.24, 2.45) is 17.6 Å². The highest BCUT2D eigenvalue weighted by Gasteiger charge is 2.43. The molecule has 2 aliphatic rings. The third-order valence-corrected chi connectivity index (χ3v) is 5.50. The van der Waals surface area contributed by atoms with Gasteiger partial charge in [-0.1, -0.05) is 33.6 Å². The molecular weight excluding hydrogens is 220 g/mol. The van der Waals surface area contributed by atoms with Crippen LogP contribution in [0.3, 0.4) is 0 Å². The van der Waals surface area contributed by atoms with E-state index in [1.807, 2.05) is 0 Å². The molecule has 0 bridgehead atoms. The fourth-order valence-corrected chi connectivity index (χ4v) is 4.25. The molecule has 0 radical (unpaired) electrons. The van der Waals surface area contributed by atoms with Gasteiger partial charge in [0.05, 0.1) is 0 Å². The Morgan fingerprint density at radius 1 is 1.17 bits per heavy atom. The quantitative estimate of drug-likeness (QED) is 0.780. The van der Waals surface area contributed by atoms with Gasteiger partial charge in [0.15, 0.2) is 0 Å². The lowest BCUT2D eigenvalue weighted by molar-refractivity contribution is 0.0462. The van der Waals surface area contributed by atoms with E-state index in [4.69, 9.17) is 5.73 Å². The number of likely N-dealkylation sites (tertiary alicyclic amines) is 1. The van der Waals surface area contributed by atoms with Crippen LogP contribution < -0.4 is 5.73 Å². The summed E-state index contributed by atoms with van der Waals surface area (Å²) < 4.78 is 0. The number of rotatable bonds is 3. The zero-order valence-electron chi connectivity index (χ0n) is 12.6. The number of hydrogen-bond donors (Lipinski definition) is 1. The molecule has 1 aliphatic heterocycles. The van der Waals surface area contributed by atoms with E-state index in [-0.39, 0.29) is 0 Å². The Balaban J connectivity index is 2.15. The van der Waals surface area contributed by atoms with E-state index < -0.39 is 0 Å². The molecule has 0 amide bonds. The molecule has 1 aliphatic carbocycles. The molecule has 0 spiro atoms. The Kier molecular flexibility index (Phi) is 4.71. The Labute approximate surface area is 113 Å². The maximum absolute atomic E-state index is 6.25. The van der Waals surface area contributed by atoms with Crippen molar-refractivity contribution in [1.82, 2.24) is 4.90 Å². The molecule has 2 heteroatoms. The molecule has 3 atom stereocenters. The van der Waals surface area contributed by atoms with Gasteiger partial charge >= 0.3 is 0 Å².